The minimum Gasteiger partial charge on any atom is -0.458 e. The maximum Gasteiger partial charge on any atom is 0.243 e. The summed E-state index contributed by atoms with van der Waals surface area (Å²) in [6.45, 7) is -0.193. The molecule has 0 aliphatic rings. The van der Waals surface area contributed by atoms with Crippen molar-refractivity contribution in [2.45, 2.75) is 32.3 Å². The number of hydroxylamine groups is 1. The van der Waals surface area contributed by atoms with Gasteiger partial charge in [-0.05, 0) is 25.0 Å². The molecule has 0 saturated heterocycles. The van der Waals surface area contributed by atoms with E-state index < -0.39 is 5.91 Å². The highest BCUT2D eigenvalue weighted by atomic mass is 16.5. The molecular formula is C12H17N3O5. The highest BCUT2D eigenvalue weighted by molar-refractivity contribution is 5.80. The van der Waals surface area contributed by atoms with Gasteiger partial charge in [-0.25, -0.2) is 10.9 Å². The molecule has 0 bridgehead atoms. The van der Waals surface area contributed by atoms with Crippen molar-refractivity contribution in [3.05, 3.63) is 23.7 Å². The Morgan fingerprint density at radius 2 is 1.95 bits per heavy atom. The van der Waals surface area contributed by atoms with Crippen LogP contribution in [0.1, 0.15) is 37.2 Å². The van der Waals surface area contributed by atoms with Crippen molar-refractivity contribution in [2.75, 3.05) is 0 Å². The zero-order valence-corrected chi connectivity index (χ0v) is 10.8. The number of hydrogen-bond donors (Lipinski definition) is 4. The van der Waals surface area contributed by atoms with Crippen molar-refractivity contribution in [3.8, 4) is 0 Å². The second-order valence-electron chi connectivity index (χ2n) is 4.00. The quantitative estimate of drug-likeness (QED) is 0.236. The summed E-state index contributed by atoms with van der Waals surface area (Å²) in [4.78, 5) is 22.1. The summed E-state index contributed by atoms with van der Waals surface area (Å²) in [5.74, 6) is 0.0921. The van der Waals surface area contributed by atoms with E-state index in [1.165, 1.54) is 11.7 Å². The number of rotatable bonds is 8. The van der Waals surface area contributed by atoms with Crippen molar-refractivity contribution >= 4 is 18.0 Å². The molecule has 1 rings (SSSR count). The number of carbonyl (C=O) groups is 2. The number of nitrogens with zero attached hydrogens (tertiary/aromatic N) is 1. The minimum absolute atomic E-state index is 0.170. The van der Waals surface area contributed by atoms with Crippen LogP contribution < -0.4 is 10.9 Å². The van der Waals surface area contributed by atoms with Crippen molar-refractivity contribution in [1.29, 1.82) is 0 Å². The Bertz CT molecular complexity index is 469. The van der Waals surface area contributed by atoms with Crippen LogP contribution in [-0.2, 0) is 16.2 Å². The molecule has 1 heterocycles. The van der Waals surface area contributed by atoms with Crippen LogP contribution in [0.5, 0.6) is 0 Å². The van der Waals surface area contributed by atoms with Gasteiger partial charge in [0.15, 0.2) is 0 Å². The summed E-state index contributed by atoms with van der Waals surface area (Å²) in [7, 11) is 0. The van der Waals surface area contributed by atoms with Crippen LogP contribution in [0, 0.1) is 0 Å². The molecule has 0 radical (unpaired) electrons. The van der Waals surface area contributed by atoms with Gasteiger partial charge in [0.1, 0.15) is 18.1 Å². The zero-order valence-electron chi connectivity index (χ0n) is 10.8. The number of amides is 2. The molecule has 0 aliphatic carbocycles. The fourth-order valence-corrected chi connectivity index (χ4v) is 1.40. The molecule has 1 aromatic rings. The lowest BCUT2D eigenvalue weighted by Gasteiger charge is -1.99. The third-order valence-electron chi connectivity index (χ3n) is 2.40. The first-order valence-electron chi connectivity index (χ1n) is 6.10. The van der Waals surface area contributed by atoms with E-state index in [-0.39, 0.29) is 25.4 Å². The molecule has 0 aliphatic heterocycles. The van der Waals surface area contributed by atoms with Gasteiger partial charge in [0.25, 0.3) is 0 Å². The topological polar surface area (TPSA) is 124 Å². The van der Waals surface area contributed by atoms with Crippen LogP contribution in [0.2, 0.25) is 0 Å². The molecule has 0 unspecified atom stereocenters. The Morgan fingerprint density at radius 1 is 1.25 bits per heavy atom. The van der Waals surface area contributed by atoms with Gasteiger partial charge in [0.2, 0.25) is 11.8 Å². The highest BCUT2D eigenvalue weighted by Crippen LogP contribution is 2.04. The number of nitrogens with one attached hydrogen (secondary N) is 2. The standard InChI is InChI=1S/C12H17N3O5/c16-8-10-6-5-9(20-10)7-13-14-11(17)3-1-2-4-12(18)15-19/h5-7,16,19H,1-4,8H2,(H,14,17)(H,15,18)/b13-7+. The van der Waals surface area contributed by atoms with Crippen molar-refractivity contribution < 1.29 is 24.3 Å². The summed E-state index contributed by atoms with van der Waals surface area (Å²) in [5.41, 5.74) is 3.84. The summed E-state index contributed by atoms with van der Waals surface area (Å²) in [5, 5.41) is 20.8. The first-order valence-corrected chi connectivity index (χ1v) is 6.10. The van der Waals surface area contributed by atoms with E-state index in [9.17, 15) is 9.59 Å². The van der Waals surface area contributed by atoms with E-state index in [0.29, 0.717) is 24.4 Å². The highest BCUT2D eigenvalue weighted by Gasteiger charge is 2.02. The second kappa shape index (κ2) is 8.83. The molecule has 2 amide bonds. The van der Waals surface area contributed by atoms with Gasteiger partial charge in [-0.15, -0.1) is 0 Å². The van der Waals surface area contributed by atoms with E-state index in [4.69, 9.17) is 14.7 Å². The first-order chi connectivity index (χ1) is 9.65. The SMILES string of the molecule is O=C(CCCCC(=O)N/N=C/c1ccc(CO)o1)NO. The monoisotopic (exact) mass is 283 g/mol. The van der Waals surface area contributed by atoms with Crippen LogP contribution in [-0.4, -0.2) is 28.3 Å². The predicted molar refractivity (Wildman–Crippen MR) is 68.8 cm³/mol. The maximum absolute atomic E-state index is 11.4. The number of carbonyl (C=O) groups excluding carboxylic acids is 2. The van der Waals surface area contributed by atoms with E-state index in [1.807, 2.05) is 0 Å². The lowest BCUT2D eigenvalue weighted by molar-refractivity contribution is -0.129. The van der Waals surface area contributed by atoms with Gasteiger partial charge in [0, 0.05) is 12.8 Å². The van der Waals surface area contributed by atoms with Gasteiger partial charge < -0.3 is 9.52 Å². The lowest BCUT2D eigenvalue weighted by Crippen LogP contribution is -2.19. The Labute approximate surface area is 115 Å². The van der Waals surface area contributed by atoms with Gasteiger partial charge in [0.05, 0.1) is 6.21 Å². The lowest BCUT2D eigenvalue weighted by atomic mass is 10.2. The fourth-order valence-electron chi connectivity index (χ4n) is 1.40. The molecule has 8 heteroatoms. The average Bonchev–Trinajstić information content (AvgIpc) is 2.91. The van der Waals surface area contributed by atoms with E-state index in [0.717, 1.165) is 0 Å². The number of hydrazone groups is 1. The first kappa shape index (κ1) is 15.9. The Morgan fingerprint density at radius 3 is 2.55 bits per heavy atom. The third kappa shape index (κ3) is 6.12. The van der Waals surface area contributed by atoms with Gasteiger partial charge >= 0.3 is 0 Å². The smallest absolute Gasteiger partial charge is 0.243 e. The van der Waals surface area contributed by atoms with E-state index in [2.05, 4.69) is 10.5 Å². The van der Waals surface area contributed by atoms with Crippen molar-refractivity contribution in [2.24, 2.45) is 5.10 Å². The fraction of sp³-hybridized carbons (Fsp3) is 0.417. The van der Waals surface area contributed by atoms with E-state index in [1.54, 1.807) is 12.1 Å². The number of unbranched alkanes of at least 4 members (excludes halogenated alkanes) is 1. The summed E-state index contributed by atoms with van der Waals surface area (Å²) in [6.07, 6.45) is 2.75. The molecule has 4 N–H and O–H groups in total. The van der Waals surface area contributed by atoms with Crippen LogP contribution in [0.25, 0.3) is 0 Å². The number of aliphatic hydroxyl groups excluding tert-OH is 1. The van der Waals surface area contributed by atoms with Gasteiger partial charge in [-0.3, -0.25) is 14.8 Å². The Hall–Kier alpha value is -2.19. The number of hydrogen-bond acceptors (Lipinski definition) is 6. The molecular weight excluding hydrogens is 266 g/mol. The van der Waals surface area contributed by atoms with Crippen molar-refractivity contribution in [1.82, 2.24) is 10.9 Å². The zero-order chi connectivity index (χ0) is 14.8. The van der Waals surface area contributed by atoms with Crippen LogP contribution in [0.4, 0.5) is 0 Å². The molecule has 1 aromatic heterocycles. The van der Waals surface area contributed by atoms with Crippen LogP contribution in [0.3, 0.4) is 0 Å². The normalized spacial score (nSPS) is 10.7. The maximum atomic E-state index is 11.4. The largest absolute Gasteiger partial charge is 0.458 e. The molecule has 20 heavy (non-hydrogen) atoms. The van der Waals surface area contributed by atoms with Gasteiger partial charge in [-0.1, -0.05) is 0 Å². The third-order valence-corrected chi connectivity index (χ3v) is 2.40. The number of aliphatic hydroxyl groups is 1. The Kier molecular flexibility index (Phi) is 7.01. The van der Waals surface area contributed by atoms with Crippen LogP contribution in [0.15, 0.2) is 21.7 Å². The molecule has 0 fully saturated rings. The number of furan rings is 1. The van der Waals surface area contributed by atoms with Crippen molar-refractivity contribution in [3.63, 3.8) is 0 Å². The summed E-state index contributed by atoms with van der Waals surface area (Å²) >= 11 is 0. The van der Waals surface area contributed by atoms with E-state index >= 15 is 0 Å². The van der Waals surface area contributed by atoms with Gasteiger partial charge in [-0.2, -0.15) is 5.10 Å². The molecule has 0 aromatic carbocycles. The molecule has 8 nitrogen and oxygen atoms in total. The van der Waals surface area contributed by atoms with Crippen LogP contribution >= 0.6 is 0 Å². The summed E-state index contributed by atoms with van der Waals surface area (Å²) in [6, 6.07) is 3.23. The molecule has 0 spiro atoms. The average molecular weight is 283 g/mol. The Balaban J connectivity index is 2.17. The second-order valence-corrected chi connectivity index (χ2v) is 4.00. The molecule has 0 atom stereocenters. The summed E-state index contributed by atoms with van der Waals surface area (Å²) < 4.78 is 5.13. The molecule has 0 saturated carbocycles. The minimum atomic E-state index is -0.471. The predicted octanol–water partition coefficient (Wildman–Crippen LogP) is 0.288. The molecule has 110 valence electrons.